The quantitative estimate of drug-likeness (QED) is 0.188. The molecule has 4 nitrogen and oxygen atoms in total. The lowest BCUT2D eigenvalue weighted by atomic mass is 10.0. The summed E-state index contributed by atoms with van der Waals surface area (Å²) in [5, 5.41) is 0. The van der Waals surface area contributed by atoms with E-state index < -0.39 is 0 Å². The lowest BCUT2D eigenvalue weighted by molar-refractivity contribution is -0.142. The van der Waals surface area contributed by atoms with E-state index in [0.29, 0.717) is 6.54 Å². The fraction of sp³-hybridized carbons (Fsp3) is 0.923. The largest absolute Gasteiger partial charge is 0.322 e. The van der Waals surface area contributed by atoms with Crippen molar-refractivity contribution in [1.82, 2.24) is 4.90 Å². The molecule has 0 aromatic heterocycles. The van der Waals surface area contributed by atoms with Crippen molar-refractivity contribution in [1.29, 1.82) is 0 Å². The Labute approximate surface area is 187 Å². The van der Waals surface area contributed by atoms with Crippen molar-refractivity contribution in [3.63, 3.8) is 0 Å². The summed E-state index contributed by atoms with van der Waals surface area (Å²) >= 11 is 0. The fourth-order valence-corrected chi connectivity index (χ4v) is 4.09. The van der Waals surface area contributed by atoms with E-state index in [0.717, 1.165) is 12.8 Å². The van der Waals surface area contributed by atoms with E-state index in [2.05, 4.69) is 6.92 Å². The second-order valence-electron chi connectivity index (χ2n) is 8.99. The third-order valence-corrected chi connectivity index (χ3v) is 6.09. The molecule has 0 rings (SSSR count). The molecule has 0 heterocycles. The van der Waals surface area contributed by atoms with Gasteiger partial charge in [-0.05, 0) is 6.42 Å². The molecule has 0 radical (unpaired) electrons. The van der Waals surface area contributed by atoms with Crippen LogP contribution in [0.4, 0.5) is 0 Å². The highest BCUT2D eigenvalue weighted by Crippen LogP contribution is 2.14. The molecule has 4 heteroatoms. The number of imide groups is 1. The van der Waals surface area contributed by atoms with Gasteiger partial charge >= 0.3 is 0 Å². The fourth-order valence-electron chi connectivity index (χ4n) is 4.09. The molecule has 0 atom stereocenters. The number of hydrogen-bond acceptors (Lipinski definition) is 3. The van der Waals surface area contributed by atoms with E-state index >= 15 is 0 Å². The van der Waals surface area contributed by atoms with E-state index in [4.69, 9.17) is 5.73 Å². The van der Waals surface area contributed by atoms with Gasteiger partial charge in [0.2, 0.25) is 11.8 Å². The lowest BCUT2D eigenvalue weighted by Crippen LogP contribution is -2.39. The topological polar surface area (TPSA) is 63.4 Å². The summed E-state index contributed by atoms with van der Waals surface area (Å²) in [6.45, 7) is 4.15. The molecule has 0 fully saturated rings. The molecule has 0 aromatic carbocycles. The average molecular weight is 425 g/mol. The first kappa shape index (κ1) is 29.1. The van der Waals surface area contributed by atoms with Crippen molar-refractivity contribution in [3.05, 3.63) is 0 Å². The Balaban J connectivity index is 3.23. The minimum Gasteiger partial charge on any atom is -0.322 e. The number of hydrogen-bond donors (Lipinski definition) is 1. The summed E-state index contributed by atoms with van der Waals surface area (Å²) in [4.78, 5) is 24.3. The Hall–Kier alpha value is -0.900. The Morgan fingerprint density at radius 3 is 1.13 bits per heavy atom. The zero-order valence-electron chi connectivity index (χ0n) is 20.4. The molecule has 2 amide bonds. The molecular formula is C26H52N2O2. The zero-order chi connectivity index (χ0) is 22.3. The van der Waals surface area contributed by atoms with Gasteiger partial charge in [0.25, 0.3) is 0 Å². The number of carbonyl (C=O) groups excluding carboxylic acids is 2. The second kappa shape index (κ2) is 22.8. The number of rotatable bonds is 22. The highest BCUT2D eigenvalue weighted by molar-refractivity contribution is 5.94. The van der Waals surface area contributed by atoms with Crippen LogP contribution in [0.25, 0.3) is 0 Å². The van der Waals surface area contributed by atoms with Crippen LogP contribution in [0.1, 0.15) is 142 Å². The van der Waals surface area contributed by atoms with Gasteiger partial charge in [0, 0.05) is 13.5 Å². The van der Waals surface area contributed by atoms with Gasteiger partial charge in [0.1, 0.15) is 0 Å². The Morgan fingerprint density at radius 1 is 0.567 bits per heavy atom. The number of amides is 2. The predicted molar refractivity (Wildman–Crippen MR) is 129 cm³/mol. The van der Waals surface area contributed by atoms with E-state index in [-0.39, 0.29) is 18.4 Å². The van der Waals surface area contributed by atoms with Crippen LogP contribution in [0.15, 0.2) is 0 Å². The van der Waals surface area contributed by atoms with Crippen LogP contribution in [0.5, 0.6) is 0 Å². The van der Waals surface area contributed by atoms with Gasteiger partial charge in [-0.2, -0.15) is 0 Å². The zero-order valence-corrected chi connectivity index (χ0v) is 20.4. The van der Waals surface area contributed by atoms with Crippen molar-refractivity contribution < 1.29 is 9.59 Å². The van der Waals surface area contributed by atoms with Crippen LogP contribution >= 0.6 is 0 Å². The van der Waals surface area contributed by atoms with Crippen molar-refractivity contribution in [2.24, 2.45) is 5.73 Å². The third-order valence-electron chi connectivity index (χ3n) is 6.09. The van der Waals surface area contributed by atoms with Gasteiger partial charge in [0.15, 0.2) is 0 Å². The van der Waals surface area contributed by atoms with Gasteiger partial charge in [0.05, 0.1) is 6.54 Å². The summed E-state index contributed by atoms with van der Waals surface area (Å²) in [5.41, 5.74) is 5.35. The summed E-state index contributed by atoms with van der Waals surface area (Å²) in [6.07, 6.45) is 27.0. The number of nitrogens with zero attached hydrogens (tertiary/aromatic N) is 1. The van der Waals surface area contributed by atoms with Crippen molar-refractivity contribution in [2.45, 2.75) is 142 Å². The van der Waals surface area contributed by atoms with E-state index in [1.165, 1.54) is 127 Å². The number of carbonyl (C=O) groups is 2. The first-order valence-corrected chi connectivity index (χ1v) is 13.1. The monoisotopic (exact) mass is 424 g/mol. The summed E-state index contributed by atoms with van der Waals surface area (Å²) < 4.78 is 0. The van der Waals surface area contributed by atoms with Gasteiger partial charge in [-0.3, -0.25) is 14.5 Å². The van der Waals surface area contributed by atoms with Gasteiger partial charge < -0.3 is 5.73 Å². The van der Waals surface area contributed by atoms with E-state index in [1.54, 1.807) is 0 Å². The van der Waals surface area contributed by atoms with E-state index in [9.17, 15) is 9.59 Å². The van der Waals surface area contributed by atoms with Gasteiger partial charge in [-0.15, -0.1) is 0 Å². The third kappa shape index (κ3) is 19.1. The predicted octanol–water partition coefficient (Wildman–Crippen LogP) is 7.14. The highest BCUT2D eigenvalue weighted by Gasteiger charge is 2.15. The average Bonchev–Trinajstić information content (AvgIpc) is 2.74. The summed E-state index contributed by atoms with van der Waals surface area (Å²) in [6, 6.07) is 0. The maximum atomic E-state index is 11.6. The van der Waals surface area contributed by atoms with Crippen LogP contribution in [0, 0.1) is 0 Å². The molecule has 0 aromatic rings. The Bertz CT molecular complexity index is 398. The van der Waals surface area contributed by atoms with Gasteiger partial charge in [-0.25, -0.2) is 0 Å². The summed E-state index contributed by atoms with van der Waals surface area (Å²) in [7, 11) is 0. The molecule has 0 aliphatic heterocycles. The van der Waals surface area contributed by atoms with Crippen molar-refractivity contribution >= 4 is 11.8 Å². The second-order valence-corrected chi connectivity index (χ2v) is 8.99. The highest BCUT2D eigenvalue weighted by atomic mass is 16.2. The van der Waals surface area contributed by atoms with Crippen LogP contribution in [-0.2, 0) is 9.59 Å². The smallest absolute Gasteiger partial charge is 0.242 e. The molecular weight excluding hydrogens is 372 g/mol. The molecule has 0 aliphatic carbocycles. The molecule has 0 saturated heterocycles. The van der Waals surface area contributed by atoms with Crippen molar-refractivity contribution in [3.8, 4) is 0 Å². The molecule has 30 heavy (non-hydrogen) atoms. The molecule has 0 bridgehead atoms. The first-order chi connectivity index (χ1) is 14.6. The summed E-state index contributed by atoms with van der Waals surface area (Å²) in [5.74, 6) is -0.455. The van der Waals surface area contributed by atoms with Crippen molar-refractivity contribution in [2.75, 3.05) is 13.1 Å². The standard InChI is InChI=1S/C26H52N2O2/c1-3-4-5-6-7-8-9-10-11-12-13-14-15-16-17-18-19-20-21-22-23-28(25(2)29)26(30)24-27/h3-24,27H2,1-2H3. The van der Waals surface area contributed by atoms with Crippen LogP contribution < -0.4 is 5.73 Å². The molecule has 0 spiro atoms. The maximum Gasteiger partial charge on any atom is 0.242 e. The molecule has 0 aliphatic rings. The van der Waals surface area contributed by atoms with Crippen LogP contribution in [-0.4, -0.2) is 29.8 Å². The normalized spacial score (nSPS) is 11.0. The molecule has 0 saturated carbocycles. The van der Waals surface area contributed by atoms with E-state index in [1.807, 2.05) is 0 Å². The lowest BCUT2D eigenvalue weighted by Gasteiger charge is -2.17. The molecule has 178 valence electrons. The first-order valence-electron chi connectivity index (χ1n) is 13.1. The maximum absolute atomic E-state index is 11.6. The van der Waals surface area contributed by atoms with Crippen LogP contribution in [0.3, 0.4) is 0 Å². The Kier molecular flexibility index (Phi) is 22.1. The molecule has 2 N–H and O–H groups in total. The van der Waals surface area contributed by atoms with Gasteiger partial charge in [-0.1, -0.05) is 129 Å². The Morgan fingerprint density at radius 2 is 0.867 bits per heavy atom. The van der Waals surface area contributed by atoms with Crippen LogP contribution in [0.2, 0.25) is 0 Å². The minimum atomic E-state index is -0.264. The minimum absolute atomic E-state index is 0.0846. The molecule has 0 unspecified atom stereocenters. The number of unbranched alkanes of at least 4 members (excludes halogenated alkanes) is 19. The number of nitrogens with two attached hydrogens (primary N) is 1. The SMILES string of the molecule is CCCCCCCCCCCCCCCCCCCCCCN(C(C)=O)C(=O)CN.